The second kappa shape index (κ2) is 8.29. The van der Waals surface area contributed by atoms with E-state index in [1.54, 1.807) is 6.20 Å². The van der Waals surface area contributed by atoms with Gasteiger partial charge in [-0.1, -0.05) is 50.2 Å². The van der Waals surface area contributed by atoms with E-state index in [2.05, 4.69) is 45.5 Å². The largest absolute Gasteiger partial charge is 0.324 e. The molecule has 0 fully saturated rings. The number of hydrogen-bond donors (Lipinski definition) is 2. The predicted molar refractivity (Wildman–Crippen MR) is 120 cm³/mol. The van der Waals surface area contributed by atoms with E-state index >= 15 is 0 Å². The summed E-state index contributed by atoms with van der Waals surface area (Å²) < 4.78 is 0. The molecule has 1 amide bonds. The van der Waals surface area contributed by atoms with Gasteiger partial charge in [0, 0.05) is 29.7 Å². The normalized spacial score (nSPS) is 10.9. The van der Waals surface area contributed by atoms with Crippen LogP contribution in [-0.2, 0) is 0 Å². The number of pyridine rings is 1. The molecule has 0 saturated heterocycles. The van der Waals surface area contributed by atoms with Gasteiger partial charge in [0.15, 0.2) is 0 Å². The van der Waals surface area contributed by atoms with E-state index in [-0.39, 0.29) is 5.91 Å². The number of anilines is 3. The van der Waals surface area contributed by atoms with Crippen molar-refractivity contribution in [3.63, 3.8) is 0 Å². The summed E-state index contributed by atoms with van der Waals surface area (Å²) in [6.45, 7) is 6.35. The smallest absolute Gasteiger partial charge is 0.258 e. The standard InChI is InChI=1S/C24H23N5O/c1-15(2)19-10-4-7-16(3)21(19)29-24-26-13-18(14-27-24)23(30)28-20-11-5-8-17-9-6-12-25-22(17)20/h4-15H,1-3H3,(H,28,30)(H,26,27,29). The van der Waals surface area contributed by atoms with E-state index < -0.39 is 0 Å². The molecule has 0 radical (unpaired) electrons. The second-order valence-corrected chi connectivity index (χ2v) is 7.45. The van der Waals surface area contributed by atoms with Crippen LogP contribution in [0, 0.1) is 6.92 Å². The Morgan fingerprint density at radius 3 is 2.43 bits per heavy atom. The van der Waals surface area contributed by atoms with Crippen LogP contribution in [0.15, 0.2) is 67.1 Å². The number of hydrogen-bond acceptors (Lipinski definition) is 5. The lowest BCUT2D eigenvalue weighted by atomic mass is 9.98. The molecule has 6 heteroatoms. The molecule has 0 spiro atoms. The molecular weight excluding hydrogens is 374 g/mol. The number of amides is 1. The Morgan fingerprint density at radius 1 is 0.933 bits per heavy atom. The fraction of sp³-hybridized carbons (Fsp3) is 0.167. The number of fused-ring (bicyclic) bond motifs is 1. The Hall–Kier alpha value is -3.80. The first kappa shape index (κ1) is 19.5. The summed E-state index contributed by atoms with van der Waals surface area (Å²) in [5.74, 6) is 0.541. The van der Waals surface area contributed by atoms with E-state index in [4.69, 9.17) is 0 Å². The van der Waals surface area contributed by atoms with Crippen molar-refractivity contribution < 1.29 is 4.79 Å². The summed E-state index contributed by atoms with van der Waals surface area (Å²) in [5, 5.41) is 7.16. The summed E-state index contributed by atoms with van der Waals surface area (Å²) >= 11 is 0. The van der Waals surface area contributed by atoms with Crippen LogP contribution < -0.4 is 10.6 Å². The van der Waals surface area contributed by atoms with E-state index in [1.807, 2.05) is 49.4 Å². The van der Waals surface area contributed by atoms with E-state index in [1.165, 1.54) is 18.0 Å². The summed E-state index contributed by atoms with van der Waals surface area (Å²) in [6.07, 6.45) is 4.76. The first-order valence-corrected chi connectivity index (χ1v) is 9.86. The maximum atomic E-state index is 12.7. The Balaban J connectivity index is 1.53. The lowest BCUT2D eigenvalue weighted by Gasteiger charge is -2.16. The van der Waals surface area contributed by atoms with Crippen molar-refractivity contribution in [2.45, 2.75) is 26.7 Å². The molecule has 0 atom stereocenters. The quantitative estimate of drug-likeness (QED) is 0.468. The van der Waals surface area contributed by atoms with Crippen molar-refractivity contribution in [1.29, 1.82) is 0 Å². The van der Waals surface area contributed by atoms with E-state index in [0.29, 0.717) is 23.1 Å². The number of para-hydroxylation sites is 2. The molecule has 0 aliphatic rings. The van der Waals surface area contributed by atoms with Crippen molar-refractivity contribution in [1.82, 2.24) is 15.0 Å². The third-order valence-electron chi connectivity index (χ3n) is 4.96. The zero-order valence-electron chi connectivity index (χ0n) is 17.2. The van der Waals surface area contributed by atoms with Gasteiger partial charge in [-0.3, -0.25) is 9.78 Å². The minimum Gasteiger partial charge on any atom is -0.324 e. The molecule has 150 valence electrons. The maximum absolute atomic E-state index is 12.7. The first-order valence-electron chi connectivity index (χ1n) is 9.86. The lowest BCUT2D eigenvalue weighted by Crippen LogP contribution is -2.13. The Morgan fingerprint density at radius 2 is 1.67 bits per heavy atom. The average Bonchev–Trinajstić information content (AvgIpc) is 2.75. The van der Waals surface area contributed by atoms with Crippen LogP contribution in [-0.4, -0.2) is 20.9 Å². The van der Waals surface area contributed by atoms with Crippen LogP contribution in [0.2, 0.25) is 0 Å². The average molecular weight is 397 g/mol. The molecule has 0 bridgehead atoms. The van der Waals surface area contributed by atoms with Crippen molar-refractivity contribution in [2.24, 2.45) is 0 Å². The Kier molecular flexibility index (Phi) is 5.39. The van der Waals surface area contributed by atoms with Crippen molar-refractivity contribution >= 4 is 34.1 Å². The number of carbonyl (C=O) groups is 1. The monoisotopic (exact) mass is 397 g/mol. The number of rotatable bonds is 5. The number of carbonyl (C=O) groups excluding carboxylic acids is 1. The van der Waals surface area contributed by atoms with Gasteiger partial charge in [0.2, 0.25) is 5.95 Å². The number of nitrogens with one attached hydrogen (secondary N) is 2. The molecule has 30 heavy (non-hydrogen) atoms. The van der Waals surface area contributed by atoms with Crippen LogP contribution in [0.1, 0.15) is 41.3 Å². The highest BCUT2D eigenvalue weighted by molar-refractivity contribution is 6.08. The minimum absolute atomic E-state index is 0.279. The van der Waals surface area contributed by atoms with Gasteiger partial charge in [0.25, 0.3) is 5.91 Å². The zero-order chi connectivity index (χ0) is 21.1. The first-order chi connectivity index (χ1) is 14.5. The summed E-state index contributed by atoms with van der Waals surface area (Å²) in [5.41, 5.74) is 5.10. The molecule has 2 heterocycles. The van der Waals surface area contributed by atoms with E-state index in [9.17, 15) is 4.79 Å². The number of benzene rings is 2. The third kappa shape index (κ3) is 3.98. The molecule has 4 rings (SSSR count). The molecule has 0 unspecified atom stereocenters. The van der Waals surface area contributed by atoms with Gasteiger partial charge >= 0.3 is 0 Å². The number of nitrogens with zero attached hydrogens (tertiary/aromatic N) is 3. The number of aromatic nitrogens is 3. The molecule has 0 saturated carbocycles. The highest BCUT2D eigenvalue weighted by Crippen LogP contribution is 2.29. The Labute approximate surface area is 175 Å². The molecular formula is C24H23N5O. The van der Waals surface area contributed by atoms with Gasteiger partial charge in [0.1, 0.15) is 0 Å². The van der Waals surface area contributed by atoms with Crippen molar-refractivity contribution in [2.75, 3.05) is 10.6 Å². The van der Waals surface area contributed by atoms with Gasteiger partial charge < -0.3 is 10.6 Å². The fourth-order valence-corrected chi connectivity index (χ4v) is 3.36. The van der Waals surface area contributed by atoms with Crippen LogP contribution in [0.25, 0.3) is 10.9 Å². The minimum atomic E-state index is -0.279. The topological polar surface area (TPSA) is 79.8 Å². The van der Waals surface area contributed by atoms with Gasteiger partial charge in [0.05, 0.1) is 16.8 Å². The molecule has 2 N–H and O–H groups in total. The molecule has 6 nitrogen and oxygen atoms in total. The SMILES string of the molecule is Cc1cccc(C(C)C)c1Nc1ncc(C(=O)Nc2cccc3cccnc23)cn1. The van der Waals surface area contributed by atoms with Crippen LogP contribution in [0.5, 0.6) is 0 Å². The maximum Gasteiger partial charge on any atom is 0.258 e. The molecule has 4 aromatic rings. The summed E-state index contributed by atoms with van der Waals surface area (Å²) in [7, 11) is 0. The van der Waals surface area contributed by atoms with Crippen molar-refractivity contribution in [3.8, 4) is 0 Å². The van der Waals surface area contributed by atoms with Crippen LogP contribution >= 0.6 is 0 Å². The summed E-state index contributed by atoms with van der Waals surface area (Å²) in [4.78, 5) is 25.7. The Bertz CT molecular complexity index is 1200. The van der Waals surface area contributed by atoms with Gasteiger partial charge in [-0.2, -0.15) is 0 Å². The molecule has 2 aromatic carbocycles. The lowest BCUT2D eigenvalue weighted by molar-refractivity contribution is 0.102. The van der Waals surface area contributed by atoms with Crippen LogP contribution in [0.4, 0.5) is 17.3 Å². The van der Waals surface area contributed by atoms with Crippen molar-refractivity contribution in [3.05, 3.63) is 83.8 Å². The molecule has 0 aliphatic heterocycles. The molecule has 0 aliphatic carbocycles. The van der Waals surface area contributed by atoms with Gasteiger partial charge in [-0.15, -0.1) is 0 Å². The predicted octanol–water partition coefficient (Wildman–Crippen LogP) is 5.45. The zero-order valence-corrected chi connectivity index (χ0v) is 17.2. The highest BCUT2D eigenvalue weighted by atomic mass is 16.1. The summed E-state index contributed by atoms with van der Waals surface area (Å²) in [6, 6.07) is 15.7. The second-order valence-electron chi connectivity index (χ2n) is 7.45. The number of aryl methyl sites for hydroxylation is 1. The molecule has 2 aromatic heterocycles. The van der Waals surface area contributed by atoms with Gasteiger partial charge in [-0.05, 0) is 36.1 Å². The fourth-order valence-electron chi connectivity index (χ4n) is 3.36. The van der Waals surface area contributed by atoms with Crippen LogP contribution in [0.3, 0.4) is 0 Å². The highest BCUT2D eigenvalue weighted by Gasteiger charge is 2.13. The van der Waals surface area contributed by atoms with Gasteiger partial charge in [-0.25, -0.2) is 9.97 Å². The third-order valence-corrected chi connectivity index (χ3v) is 4.96. The van der Waals surface area contributed by atoms with E-state index in [0.717, 1.165) is 22.2 Å².